The van der Waals surface area contributed by atoms with Crippen LogP contribution in [0.15, 0.2) is 46.3 Å². The quantitative estimate of drug-likeness (QED) is 0.921. The van der Waals surface area contributed by atoms with Crippen LogP contribution in [-0.2, 0) is 0 Å². The normalized spacial score (nSPS) is 10.3. The first-order valence-electron chi connectivity index (χ1n) is 4.89. The minimum absolute atomic E-state index is 0.00135. The Kier molecular flexibility index (Phi) is 4.11. The summed E-state index contributed by atoms with van der Waals surface area (Å²) in [6.07, 6.45) is 1.44. The molecule has 1 aromatic carbocycles. The molecule has 2 rings (SSSR count). The van der Waals surface area contributed by atoms with Crippen molar-refractivity contribution in [2.75, 3.05) is 0 Å². The number of carbonyl (C=O) groups is 1. The predicted molar refractivity (Wildman–Crippen MR) is 71.8 cm³/mol. The van der Waals surface area contributed by atoms with E-state index in [1.54, 1.807) is 30.3 Å². The zero-order valence-corrected chi connectivity index (χ0v) is 11.3. The average Bonchev–Trinajstić information content (AvgIpc) is 2.34. The molecule has 0 saturated carbocycles. The number of benzene rings is 1. The molecule has 3 nitrogen and oxygen atoms in total. The first-order chi connectivity index (χ1) is 8.58. The van der Waals surface area contributed by atoms with E-state index >= 15 is 0 Å². The molecular formula is C12H7Cl2NO2S. The van der Waals surface area contributed by atoms with Crippen LogP contribution in [-0.4, -0.2) is 16.1 Å². The van der Waals surface area contributed by atoms with Gasteiger partial charge in [-0.2, -0.15) is 0 Å². The molecular weight excluding hydrogens is 293 g/mol. The number of pyridine rings is 1. The molecule has 0 atom stereocenters. The molecule has 18 heavy (non-hydrogen) atoms. The molecule has 0 radical (unpaired) electrons. The SMILES string of the molecule is O=C(O)c1ncccc1Sc1cc(Cl)ccc1Cl. The number of rotatable bonds is 3. The van der Waals surface area contributed by atoms with Crippen LogP contribution in [0.5, 0.6) is 0 Å². The van der Waals surface area contributed by atoms with E-state index in [0.717, 1.165) is 0 Å². The second kappa shape index (κ2) is 5.61. The van der Waals surface area contributed by atoms with Crippen molar-refractivity contribution in [2.24, 2.45) is 0 Å². The molecule has 0 amide bonds. The van der Waals surface area contributed by atoms with Crippen LogP contribution in [0.4, 0.5) is 0 Å². The number of aromatic carboxylic acids is 1. The molecule has 2 aromatic rings. The van der Waals surface area contributed by atoms with Crippen LogP contribution in [0.3, 0.4) is 0 Å². The number of halogens is 2. The minimum atomic E-state index is -1.07. The molecule has 1 heterocycles. The van der Waals surface area contributed by atoms with E-state index in [9.17, 15) is 4.79 Å². The first-order valence-corrected chi connectivity index (χ1v) is 6.46. The van der Waals surface area contributed by atoms with Crippen LogP contribution in [0, 0.1) is 0 Å². The zero-order chi connectivity index (χ0) is 13.1. The van der Waals surface area contributed by atoms with Crippen molar-refractivity contribution < 1.29 is 9.90 Å². The Morgan fingerprint density at radius 2 is 2.00 bits per heavy atom. The van der Waals surface area contributed by atoms with E-state index in [1.165, 1.54) is 18.0 Å². The van der Waals surface area contributed by atoms with E-state index < -0.39 is 5.97 Å². The summed E-state index contributed by atoms with van der Waals surface area (Å²) in [5, 5.41) is 10.1. The van der Waals surface area contributed by atoms with Crippen LogP contribution >= 0.6 is 35.0 Å². The molecule has 1 N–H and O–H groups in total. The van der Waals surface area contributed by atoms with Gasteiger partial charge in [-0.05, 0) is 30.3 Å². The lowest BCUT2D eigenvalue weighted by molar-refractivity contribution is 0.0686. The summed E-state index contributed by atoms with van der Waals surface area (Å²) in [5.41, 5.74) is -0.00135. The lowest BCUT2D eigenvalue weighted by Crippen LogP contribution is -2.01. The topological polar surface area (TPSA) is 50.2 Å². The van der Waals surface area contributed by atoms with Gasteiger partial charge in [-0.15, -0.1) is 0 Å². The molecule has 0 fully saturated rings. The maximum absolute atomic E-state index is 11.0. The lowest BCUT2D eigenvalue weighted by atomic mass is 10.3. The molecule has 6 heteroatoms. The molecule has 0 aliphatic carbocycles. The van der Waals surface area contributed by atoms with Crippen molar-refractivity contribution in [3.05, 3.63) is 52.3 Å². The molecule has 0 aliphatic rings. The number of aromatic nitrogens is 1. The summed E-state index contributed by atoms with van der Waals surface area (Å²) in [4.78, 5) is 16.1. The zero-order valence-electron chi connectivity index (χ0n) is 8.93. The van der Waals surface area contributed by atoms with E-state index in [-0.39, 0.29) is 5.69 Å². The number of hydrogen-bond donors (Lipinski definition) is 1. The van der Waals surface area contributed by atoms with Crippen molar-refractivity contribution in [3.63, 3.8) is 0 Å². The van der Waals surface area contributed by atoms with Gasteiger partial charge in [0.2, 0.25) is 0 Å². The summed E-state index contributed by atoms with van der Waals surface area (Å²) in [6, 6.07) is 8.39. The minimum Gasteiger partial charge on any atom is -0.476 e. The maximum Gasteiger partial charge on any atom is 0.355 e. The van der Waals surface area contributed by atoms with Crippen molar-refractivity contribution in [1.29, 1.82) is 0 Å². The van der Waals surface area contributed by atoms with E-state index in [0.29, 0.717) is 19.8 Å². The van der Waals surface area contributed by atoms with Gasteiger partial charge in [0, 0.05) is 21.0 Å². The molecule has 0 unspecified atom stereocenters. The van der Waals surface area contributed by atoms with Crippen molar-refractivity contribution in [3.8, 4) is 0 Å². The summed E-state index contributed by atoms with van der Waals surface area (Å²) in [6.45, 7) is 0. The van der Waals surface area contributed by atoms with Gasteiger partial charge < -0.3 is 5.11 Å². The second-order valence-corrected chi connectivity index (χ2v) is 5.26. The highest BCUT2D eigenvalue weighted by molar-refractivity contribution is 7.99. The summed E-state index contributed by atoms with van der Waals surface area (Å²) < 4.78 is 0. The van der Waals surface area contributed by atoms with Gasteiger partial charge >= 0.3 is 5.97 Å². The second-order valence-electron chi connectivity index (χ2n) is 3.33. The fraction of sp³-hybridized carbons (Fsp3) is 0. The summed E-state index contributed by atoms with van der Waals surface area (Å²) in [5.74, 6) is -1.07. The monoisotopic (exact) mass is 299 g/mol. The van der Waals surface area contributed by atoms with Gasteiger partial charge in [0.15, 0.2) is 5.69 Å². The van der Waals surface area contributed by atoms with Gasteiger partial charge in [0.1, 0.15) is 0 Å². The number of carboxylic acid groups (broad SMARTS) is 1. The lowest BCUT2D eigenvalue weighted by Gasteiger charge is -2.06. The molecule has 0 bridgehead atoms. The largest absolute Gasteiger partial charge is 0.476 e. The third kappa shape index (κ3) is 2.96. The van der Waals surface area contributed by atoms with E-state index in [4.69, 9.17) is 28.3 Å². The molecule has 92 valence electrons. The van der Waals surface area contributed by atoms with E-state index in [1.807, 2.05) is 0 Å². The Bertz CT molecular complexity index is 604. The smallest absolute Gasteiger partial charge is 0.355 e. The number of nitrogens with zero attached hydrogens (tertiary/aromatic N) is 1. The fourth-order valence-electron chi connectivity index (χ4n) is 1.31. The Balaban J connectivity index is 2.40. The Labute approximate surface area is 118 Å². The highest BCUT2D eigenvalue weighted by Crippen LogP contribution is 2.36. The van der Waals surface area contributed by atoms with Gasteiger partial charge in [-0.3, -0.25) is 0 Å². The molecule has 0 spiro atoms. The molecule has 0 saturated heterocycles. The van der Waals surface area contributed by atoms with Crippen LogP contribution in [0.25, 0.3) is 0 Å². The highest BCUT2D eigenvalue weighted by Gasteiger charge is 2.13. The van der Waals surface area contributed by atoms with Crippen molar-refractivity contribution in [1.82, 2.24) is 4.98 Å². The molecule has 1 aromatic heterocycles. The van der Waals surface area contributed by atoms with Gasteiger partial charge in [0.25, 0.3) is 0 Å². The van der Waals surface area contributed by atoms with Crippen molar-refractivity contribution >= 4 is 40.9 Å². The van der Waals surface area contributed by atoms with E-state index in [2.05, 4.69) is 4.98 Å². The van der Waals surface area contributed by atoms with Gasteiger partial charge in [-0.1, -0.05) is 35.0 Å². The number of carboxylic acids is 1. The highest BCUT2D eigenvalue weighted by atomic mass is 35.5. The third-order valence-corrected chi connectivity index (χ3v) is 3.87. The Morgan fingerprint density at radius 1 is 1.22 bits per heavy atom. The molecule has 0 aliphatic heterocycles. The third-order valence-electron chi connectivity index (χ3n) is 2.09. The number of hydrogen-bond acceptors (Lipinski definition) is 3. The first kappa shape index (κ1) is 13.2. The summed E-state index contributed by atoms with van der Waals surface area (Å²) >= 11 is 13.1. The maximum atomic E-state index is 11.0. The Morgan fingerprint density at radius 3 is 2.72 bits per heavy atom. The van der Waals surface area contributed by atoms with Crippen LogP contribution < -0.4 is 0 Å². The summed E-state index contributed by atoms with van der Waals surface area (Å²) in [7, 11) is 0. The van der Waals surface area contributed by atoms with Crippen LogP contribution in [0.2, 0.25) is 10.0 Å². The van der Waals surface area contributed by atoms with Crippen molar-refractivity contribution in [2.45, 2.75) is 9.79 Å². The Hall–Kier alpha value is -1.23. The van der Waals surface area contributed by atoms with Gasteiger partial charge in [0.05, 0.1) is 5.02 Å². The fourth-order valence-corrected chi connectivity index (χ4v) is 2.75. The average molecular weight is 300 g/mol. The van der Waals surface area contributed by atoms with Crippen LogP contribution in [0.1, 0.15) is 10.5 Å². The predicted octanol–water partition coefficient (Wildman–Crippen LogP) is 4.24. The standard InChI is InChI=1S/C12H7Cl2NO2S/c13-7-3-4-8(14)10(6-7)18-9-2-1-5-15-11(9)12(16)17/h1-6H,(H,16,17). The van der Waals surface area contributed by atoms with Gasteiger partial charge in [-0.25, -0.2) is 9.78 Å².